The first-order chi connectivity index (χ1) is 13.7. The highest BCUT2D eigenvalue weighted by Gasteiger charge is 2.22. The summed E-state index contributed by atoms with van der Waals surface area (Å²) in [6.45, 7) is 10.3. The molecule has 1 saturated heterocycles. The number of anilines is 3. The van der Waals surface area contributed by atoms with E-state index in [2.05, 4.69) is 32.4 Å². The third kappa shape index (κ3) is 5.99. The Morgan fingerprint density at radius 1 is 1.25 bits per heavy atom. The van der Waals surface area contributed by atoms with Crippen molar-refractivity contribution in [2.75, 3.05) is 51.0 Å². The molecule has 7 heteroatoms. The Labute approximate surface area is 171 Å². The third-order valence-electron chi connectivity index (χ3n) is 4.62. The SMILES string of the molecule is CC.CCN1CCC(COc2cc(Nc3nccc(NC)n3)ccc2OC)C1.[HH].[HH]. The Morgan fingerprint density at radius 3 is 2.75 bits per heavy atom. The van der Waals surface area contributed by atoms with E-state index < -0.39 is 0 Å². The first-order valence-electron chi connectivity index (χ1n) is 10.0. The van der Waals surface area contributed by atoms with Gasteiger partial charge in [-0.1, -0.05) is 20.8 Å². The molecule has 0 aliphatic carbocycles. The Kier molecular flexibility index (Phi) is 8.81. The van der Waals surface area contributed by atoms with Gasteiger partial charge in [0.1, 0.15) is 5.82 Å². The number of benzene rings is 1. The first kappa shape index (κ1) is 21.8. The highest BCUT2D eigenvalue weighted by Crippen LogP contribution is 2.32. The number of nitrogens with zero attached hydrogens (tertiary/aromatic N) is 3. The van der Waals surface area contributed by atoms with Crippen LogP contribution in [-0.2, 0) is 0 Å². The lowest BCUT2D eigenvalue weighted by molar-refractivity contribution is 0.234. The van der Waals surface area contributed by atoms with Crippen LogP contribution in [0.1, 0.15) is 30.0 Å². The molecule has 3 rings (SSSR count). The van der Waals surface area contributed by atoms with Gasteiger partial charge in [0.25, 0.3) is 0 Å². The molecule has 0 saturated carbocycles. The maximum atomic E-state index is 6.08. The van der Waals surface area contributed by atoms with E-state index in [-0.39, 0.29) is 2.85 Å². The molecule has 0 spiro atoms. The summed E-state index contributed by atoms with van der Waals surface area (Å²) < 4.78 is 11.5. The van der Waals surface area contributed by atoms with Gasteiger partial charge in [-0.25, -0.2) is 4.98 Å². The molecule has 28 heavy (non-hydrogen) atoms. The third-order valence-corrected chi connectivity index (χ3v) is 4.62. The number of methoxy groups -OCH3 is 1. The molecule has 0 radical (unpaired) electrons. The molecule has 1 aromatic heterocycles. The summed E-state index contributed by atoms with van der Waals surface area (Å²) in [5.74, 6) is 3.31. The number of hydrogen-bond donors (Lipinski definition) is 2. The van der Waals surface area contributed by atoms with Crippen LogP contribution < -0.4 is 20.1 Å². The van der Waals surface area contributed by atoms with Gasteiger partial charge < -0.3 is 25.0 Å². The predicted octanol–water partition coefficient (Wildman–Crippen LogP) is 4.51. The molecular formula is C21H37N5O2. The minimum Gasteiger partial charge on any atom is -0.493 e. The highest BCUT2D eigenvalue weighted by atomic mass is 16.5. The molecule has 2 N–H and O–H groups in total. The van der Waals surface area contributed by atoms with Crippen molar-refractivity contribution < 1.29 is 12.3 Å². The van der Waals surface area contributed by atoms with Crippen molar-refractivity contribution in [3.8, 4) is 11.5 Å². The molecule has 1 aliphatic heterocycles. The smallest absolute Gasteiger partial charge is 0.229 e. The molecule has 1 unspecified atom stereocenters. The van der Waals surface area contributed by atoms with Crippen molar-refractivity contribution in [2.45, 2.75) is 27.2 Å². The summed E-state index contributed by atoms with van der Waals surface area (Å²) in [7, 11) is 3.48. The standard InChI is InChI=1S/C19H27N5O2.C2H6.2H2/c1-4-24-10-8-14(12-24)13-26-17-11-15(5-6-16(17)25-3)22-19-21-9-7-18(20-2)23-19;1-2;;/h5-7,9,11,14H,4,8,10,12-13H2,1-3H3,(H2,20,21,22,23);1-2H3;2*1H. The average Bonchev–Trinajstić information content (AvgIpc) is 3.22. The zero-order valence-corrected chi connectivity index (χ0v) is 17.7. The summed E-state index contributed by atoms with van der Waals surface area (Å²) in [5.41, 5.74) is 0.857. The Bertz CT molecular complexity index is 736. The molecule has 0 amide bonds. The zero-order valence-electron chi connectivity index (χ0n) is 17.7. The molecule has 2 aromatic rings. The van der Waals surface area contributed by atoms with Crippen LogP contribution in [0.3, 0.4) is 0 Å². The monoisotopic (exact) mass is 391 g/mol. The maximum Gasteiger partial charge on any atom is 0.229 e. The Hall–Kier alpha value is -2.54. The number of rotatable bonds is 8. The number of hydrogen-bond acceptors (Lipinski definition) is 7. The molecule has 0 bridgehead atoms. The molecule has 1 atom stereocenters. The van der Waals surface area contributed by atoms with Crippen LogP contribution in [0.15, 0.2) is 30.5 Å². The van der Waals surface area contributed by atoms with Gasteiger partial charge in [0.15, 0.2) is 11.5 Å². The Balaban J connectivity index is 0.00000204. The van der Waals surface area contributed by atoms with E-state index in [0.717, 1.165) is 42.6 Å². The van der Waals surface area contributed by atoms with Crippen molar-refractivity contribution in [2.24, 2.45) is 5.92 Å². The van der Waals surface area contributed by atoms with E-state index in [1.165, 1.54) is 6.42 Å². The zero-order chi connectivity index (χ0) is 20.4. The molecule has 7 nitrogen and oxygen atoms in total. The predicted molar refractivity (Wildman–Crippen MR) is 119 cm³/mol. The lowest BCUT2D eigenvalue weighted by Gasteiger charge is -2.16. The summed E-state index contributed by atoms with van der Waals surface area (Å²) in [6.07, 6.45) is 2.89. The van der Waals surface area contributed by atoms with E-state index in [0.29, 0.717) is 18.5 Å². The van der Waals surface area contributed by atoms with Gasteiger partial charge in [0, 0.05) is 40.3 Å². The quantitative estimate of drug-likeness (QED) is 0.686. The number of nitrogens with one attached hydrogen (secondary N) is 2. The summed E-state index contributed by atoms with van der Waals surface area (Å²) in [6, 6.07) is 7.57. The second kappa shape index (κ2) is 11.3. The topological polar surface area (TPSA) is 71.5 Å². The summed E-state index contributed by atoms with van der Waals surface area (Å²) in [5, 5.41) is 6.21. The normalized spacial score (nSPS) is 16.1. The van der Waals surface area contributed by atoms with Gasteiger partial charge in [0.2, 0.25) is 5.95 Å². The fourth-order valence-corrected chi connectivity index (χ4v) is 3.10. The van der Waals surface area contributed by atoms with Gasteiger partial charge in [0.05, 0.1) is 13.7 Å². The highest BCUT2D eigenvalue weighted by molar-refractivity contribution is 5.60. The van der Waals surface area contributed by atoms with Crippen molar-refractivity contribution in [3.05, 3.63) is 30.5 Å². The van der Waals surface area contributed by atoms with E-state index in [4.69, 9.17) is 9.47 Å². The number of likely N-dealkylation sites (tertiary alicyclic amines) is 1. The number of aromatic nitrogens is 2. The van der Waals surface area contributed by atoms with Crippen LogP contribution in [0, 0.1) is 5.92 Å². The number of ether oxygens (including phenoxy) is 2. The van der Waals surface area contributed by atoms with Gasteiger partial charge in [-0.2, -0.15) is 4.98 Å². The van der Waals surface area contributed by atoms with E-state index in [1.54, 1.807) is 13.3 Å². The van der Waals surface area contributed by atoms with Crippen LogP contribution in [0.4, 0.5) is 17.5 Å². The van der Waals surface area contributed by atoms with Crippen LogP contribution in [-0.4, -0.2) is 55.3 Å². The average molecular weight is 392 g/mol. The van der Waals surface area contributed by atoms with E-state index in [1.807, 2.05) is 45.2 Å². The second-order valence-electron chi connectivity index (χ2n) is 6.37. The first-order valence-corrected chi connectivity index (χ1v) is 10.0. The minimum absolute atomic E-state index is 0. The Morgan fingerprint density at radius 2 is 2.07 bits per heavy atom. The van der Waals surface area contributed by atoms with Gasteiger partial charge >= 0.3 is 0 Å². The van der Waals surface area contributed by atoms with E-state index >= 15 is 0 Å². The van der Waals surface area contributed by atoms with Crippen LogP contribution in [0.5, 0.6) is 11.5 Å². The minimum atomic E-state index is 0. The van der Waals surface area contributed by atoms with E-state index in [9.17, 15) is 0 Å². The van der Waals surface area contributed by atoms with Crippen LogP contribution in [0.2, 0.25) is 0 Å². The largest absolute Gasteiger partial charge is 0.493 e. The molecule has 158 valence electrons. The van der Waals surface area contributed by atoms with Crippen molar-refractivity contribution in [3.63, 3.8) is 0 Å². The van der Waals surface area contributed by atoms with Gasteiger partial charge in [-0.05, 0) is 37.7 Å². The summed E-state index contributed by atoms with van der Waals surface area (Å²) in [4.78, 5) is 11.1. The molecular weight excluding hydrogens is 354 g/mol. The van der Waals surface area contributed by atoms with Crippen molar-refractivity contribution in [1.29, 1.82) is 0 Å². The van der Waals surface area contributed by atoms with Gasteiger partial charge in [-0.3, -0.25) is 0 Å². The molecule has 1 fully saturated rings. The second-order valence-corrected chi connectivity index (χ2v) is 6.37. The van der Waals surface area contributed by atoms with Gasteiger partial charge in [-0.15, -0.1) is 0 Å². The van der Waals surface area contributed by atoms with Crippen molar-refractivity contribution in [1.82, 2.24) is 14.9 Å². The molecule has 1 aliphatic rings. The maximum absolute atomic E-state index is 6.08. The lowest BCUT2D eigenvalue weighted by atomic mass is 10.1. The lowest BCUT2D eigenvalue weighted by Crippen LogP contribution is -2.21. The fraction of sp³-hybridized carbons (Fsp3) is 0.524. The van der Waals surface area contributed by atoms with Crippen LogP contribution >= 0.6 is 0 Å². The molecule has 1 aromatic carbocycles. The fourth-order valence-electron chi connectivity index (χ4n) is 3.10. The van der Waals surface area contributed by atoms with Crippen LogP contribution in [0.25, 0.3) is 0 Å². The summed E-state index contributed by atoms with van der Waals surface area (Å²) >= 11 is 0. The molecule has 2 heterocycles. The van der Waals surface area contributed by atoms with Crippen molar-refractivity contribution >= 4 is 17.5 Å².